The van der Waals surface area contributed by atoms with Gasteiger partial charge < -0.3 is 20.1 Å². The van der Waals surface area contributed by atoms with E-state index in [1.165, 1.54) is 0 Å². The molecule has 1 aromatic carbocycles. The molecule has 1 aromatic rings. The molecule has 0 saturated carbocycles. The van der Waals surface area contributed by atoms with E-state index in [4.69, 9.17) is 9.47 Å². The molecular weight excluding hydrogens is 368 g/mol. The van der Waals surface area contributed by atoms with Crippen LogP contribution in [0.15, 0.2) is 34.2 Å². The standard InChI is InChI=1S/C18H30N4O4S/c1-14(13-25-3)22-18(19-2)20-11-15-6-8-17(9-7-15)27(23,24)21-12-16-5-4-10-26-16/h6-9,14,16,21H,4-5,10-13H2,1-3H3,(H2,19,20,22). The van der Waals surface area contributed by atoms with Crippen molar-refractivity contribution in [2.45, 2.75) is 43.4 Å². The van der Waals surface area contributed by atoms with Crippen LogP contribution in [0.2, 0.25) is 0 Å². The monoisotopic (exact) mass is 398 g/mol. The molecular formula is C18H30N4O4S. The molecule has 0 aromatic heterocycles. The van der Waals surface area contributed by atoms with Gasteiger partial charge in [0.15, 0.2) is 5.96 Å². The minimum absolute atomic E-state index is 0.0250. The third-order valence-corrected chi connectivity index (χ3v) is 5.68. The smallest absolute Gasteiger partial charge is 0.240 e. The Labute approximate surface area is 161 Å². The highest BCUT2D eigenvalue weighted by Crippen LogP contribution is 2.14. The summed E-state index contributed by atoms with van der Waals surface area (Å²) in [6, 6.07) is 6.93. The fourth-order valence-electron chi connectivity index (χ4n) is 2.78. The van der Waals surface area contributed by atoms with Crippen molar-refractivity contribution in [3.05, 3.63) is 29.8 Å². The van der Waals surface area contributed by atoms with Crippen molar-refractivity contribution in [1.29, 1.82) is 0 Å². The molecule has 1 heterocycles. The number of aliphatic imine (C=N–C) groups is 1. The van der Waals surface area contributed by atoms with E-state index < -0.39 is 10.0 Å². The number of rotatable bonds is 9. The lowest BCUT2D eigenvalue weighted by molar-refractivity contribution is 0.114. The van der Waals surface area contributed by atoms with Crippen LogP contribution in [-0.2, 0) is 26.0 Å². The van der Waals surface area contributed by atoms with Gasteiger partial charge in [0, 0.05) is 39.9 Å². The van der Waals surface area contributed by atoms with Crippen LogP contribution in [-0.4, -0.2) is 60.4 Å². The lowest BCUT2D eigenvalue weighted by atomic mass is 10.2. The molecule has 8 nitrogen and oxygen atoms in total. The van der Waals surface area contributed by atoms with Crippen molar-refractivity contribution in [2.24, 2.45) is 4.99 Å². The van der Waals surface area contributed by atoms with Gasteiger partial charge in [-0.2, -0.15) is 0 Å². The van der Waals surface area contributed by atoms with Crippen LogP contribution in [0.25, 0.3) is 0 Å². The highest BCUT2D eigenvalue weighted by atomic mass is 32.2. The topological polar surface area (TPSA) is 101 Å². The maximum atomic E-state index is 12.4. The maximum Gasteiger partial charge on any atom is 0.240 e. The second-order valence-electron chi connectivity index (χ2n) is 6.56. The Hall–Kier alpha value is -1.68. The van der Waals surface area contributed by atoms with Crippen LogP contribution in [0.4, 0.5) is 0 Å². The van der Waals surface area contributed by atoms with Gasteiger partial charge in [-0.15, -0.1) is 0 Å². The van der Waals surface area contributed by atoms with Gasteiger partial charge >= 0.3 is 0 Å². The van der Waals surface area contributed by atoms with E-state index in [0.717, 1.165) is 18.4 Å². The first kappa shape index (κ1) is 21.6. The molecule has 152 valence electrons. The number of nitrogens with zero attached hydrogens (tertiary/aromatic N) is 1. The molecule has 9 heteroatoms. The summed E-state index contributed by atoms with van der Waals surface area (Å²) < 4.78 is 37.9. The molecule has 1 fully saturated rings. The van der Waals surface area contributed by atoms with E-state index >= 15 is 0 Å². The third-order valence-electron chi connectivity index (χ3n) is 4.24. The number of hydrogen-bond acceptors (Lipinski definition) is 5. The molecule has 1 saturated heterocycles. The molecule has 2 rings (SSSR count). The number of hydrogen-bond donors (Lipinski definition) is 3. The Morgan fingerprint density at radius 1 is 1.37 bits per heavy atom. The lowest BCUT2D eigenvalue weighted by Crippen LogP contribution is -2.43. The zero-order valence-electron chi connectivity index (χ0n) is 16.2. The SMILES string of the molecule is CN=C(NCc1ccc(S(=O)(=O)NCC2CCCO2)cc1)NC(C)COC. The van der Waals surface area contributed by atoms with E-state index in [1.807, 2.05) is 6.92 Å². The highest BCUT2D eigenvalue weighted by molar-refractivity contribution is 7.89. The van der Waals surface area contributed by atoms with Crippen LogP contribution in [0.3, 0.4) is 0 Å². The summed E-state index contributed by atoms with van der Waals surface area (Å²) >= 11 is 0. The highest BCUT2D eigenvalue weighted by Gasteiger charge is 2.20. The van der Waals surface area contributed by atoms with Crippen LogP contribution >= 0.6 is 0 Å². The molecule has 1 aliphatic heterocycles. The van der Waals surface area contributed by atoms with E-state index in [0.29, 0.717) is 32.3 Å². The number of methoxy groups -OCH3 is 1. The number of ether oxygens (including phenoxy) is 2. The maximum absolute atomic E-state index is 12.4. The molecule has 1 aliphatic rings. The summed E-state index contributed by atoms with van der Waals surface area (Å²) in [6.07, 6.45) is 1.85. The molecule has 0 bridgehead atoms. The third kappa shape index (κ3) is 7.10. The molecule has 2 unspecified atom stereocenters. The van der Waals surface area contributed by atoms with Crippen molar-refractivity contribution in [2.75, 3.05) is 33.9 Å². The molecule has 0 spiro atoms. The van der Waals surface area contributed by atoms with E-state index in [-0.39, 0.29) is 17.0 Å². The number of guanidine groups is 1. The first-order valence-electron chi connectivity index (χ1n) is 9.11. The molecule has 3 N–H and O–H groups in total. The second-order valence-corrected chi connectivity index (χ2v) is 8.32. The van der Waals surface area contributed by atoms with Gasteiger partial charge in [-0.3, -0.25) is 4.99 Å². The molecule has 0 aliphatic carbocycles. The Morgan fingerprint density at radius 2 is 2.11 bits per heavy atom. The van der Waals surface area contributed by atoms with Crippen LogP contribution < -0.4 is 15.4 Å². The van der Waals surface area contributed by atoms with E-state index in [1.54, 1.807) is 38.4 Å². The van der Waals surface area contributed by atoms with Gasteiger partial charge in [-0.25, -0.2) is 13.1 Å². The molecule has 0 radical (unpaired) electrons. The average molecular weight is 399 g/mol. The molecule has 27 heavy (non-hydrogen) atoms. The first-order valence-corrected chi connectivity index (χ1v) is 10.6. The van der Waals surface area contributed by atoms with Gasteiger partial charge in [0.05, 0.1) is 17.6 Å². The van der Waals surface area contributed by atoms with Crippen LogP contribution in [0, 0.1) is 0 Å². The second kappa shape index (κ2) is 10.6. The van der Waals surface area contributed by atoms with Crippen LogP contribution in [0.1, 0.15) is 25.3 Å². The first-order chi connectivity index (χ1) is 12.9. The van der Waals surface area contributed by atoms with Gasteiger partial charge in [-0.1, -0.05) is 12.1 Å². The minimum atomic E-state index is -3.52. The van der Waals surface area contributed by atoms with E-state index in [2.05, 4.69) is 20.3 Å². The Bertz CT molecular complexity index is 701. The van der Waals surface area contributed by atoms with Gasteiger partial charge in [-0.05, 0) is 37.5 Å². The Kier molecular flexibility index (Phi) is 8.49. The van der Waals surface area contributed by atoms with Crippen molar-refractivity contribution >= 4 is 16.0 Å². The number of sulfonamides is 1. The number of benzene rings is 1. The lowest BCUT2D eigenvalue weighted by Gasteiger charge is -2.17. The fourth-order valence-corrected chi connectivity index (χ4v) is 3.85. The van der Waals surface area contributed by atoms with Gasteiger partial charge in [0.2, 0.25) is 10.0 Å². The van der Waals surface area contributed by atoms with Crippen LogP contribution in [0.5, 0.6) is 0 Å². The summed E-state index contributed by atoms with van der Waals surface area (Å²) in [5.74, 6) is 0.662. The summed E-state index contributed by atoms with van der Waals surface area (Å²) in [4.78, 5) is 4.42. The quantitative estimate of drug-likeness (QED) is 0.421. The predicted octanol–water partition coefficient (Wildman–Crippen LogP) is 0.844. The summed E-state index contributed by atoms with van der Waals surface area (Å²) in [5, 5.41) is 6.41. The zero-order valence-corrected chi connectivity index (χ0v) is 17.0. The van der Waals surface area contributed by atoms with Crippen molar-refractivity contribution in [1.82, 2.24) is 15.4 Å². The van der Waals surface area contributed by atoms with Crippen molar-refractivity contribution in [3.8, 4) is 0 Å². The summed E-state index contributed by atoms with van der Waals surface area (Å²) in [5.41, 5.74) is 0.954. The minimum Gasteiger partial charge on any atom is -0.383 e. The summed E-state index contributed by atoms with van der Waals surface area (Å²) in [6.45, 7) is 4.12. The number of nitrogens with one attached hydrogen (secondary N) is 3. The Morgan fingerprint density at radius 3 is 2.70 bits per heavy atom. The van der Waals surface area contributed by atoms with Crippen molar-refractivity contribution < 1.29 is 17.9 Å². The van der Waals surface area contributed by atoms with Gasteiger partial charge in [0.25, 0.3) is 0 Å². The normalized spacial score (nSPS) is 19.1. The zero-order chi connectivity index (χ0) is 19.7. The van der Waals surface area contributed by atoms with Crippen molar-refractivity contribution in [3.63, 3.8) is 0 Å². The van der Waals surface area contributed by atoms with E-state index in [9.17, 15) is 8.42 Å². The largest absolute Gasteiger partial charge is 0.383 e. The Balaban J connectivity index is 1.86. The average Bonchev–Trinajstić information content (AvgIpc) is 3.18. The molecule has 2 atom stereocenters. The molecule has 0 amide bonds. The fraction of sp³-hybridized carbons (Fsp3) is 0.611. The predicted molar refractivity (Wildman–Crippen MR) is 105 cm³/mol. The van der Waals surface area contributed by atoms with Gasteiger partial charge in [0.1, 0.15) is 0 Å². The summed E-state index contributed by atoms with van der Waals surface area (Å²) in [7, 11) is -0.172.